The molecule has 2 heterocycles. The van der Waals surface area contributed by atoms with E-state index in [-0.39, 0.29) is 11.0 Å². The van der Waals surface area contributed by atoms with Crippen LogP contribution in [0.1, 0.15) is 39.7 Å². The van der Waals surface area contributed by atoms with Crippen LogP contribution in [-0.4, -0.2) is 4.57 Å². The van der Waals surface area contributed by atoms with Gasteiger partial charge in [0, 0.05) is 5.41 Å². The second-order valence-electron chi connectivity index (χ2n) is 8.62. The molecule has 0 amide bonds. The quantitative estimate of drug-likeness (QED) is 0.384. The van der Waals surface area contributed by atoms with Gasteiger partial charge in [0.1, 0.15) is 11.2 Å². The monoisotopic (exact) mass is 367 g/mol. The number of imidazole rings is 1. The summed E-state index contributed by atoms with van der Waals surface area (Å²) in [6, 6.07) is 28.5. The molecule has 3 aromatic carbocycles. The van der Waals surface area contributed by atoms with Crippen molar-refractivity contribution in [1.82, 2.24) is 4.57 Å². The van der Waals surface area contributed by atoms with Gasteiger partial charge in [-0.2, -0.15) is 4.57 Å². The van der Waals surface area contributed by atoms with E-state index in [0.717, 1.165) is 6.42 Å². The average Bonchev–Trinajstić information content (AvgIpc) is 3.09. The SMILES string of the molecule is CCC1(C)[n+]2c(n(-c3ccccc3)c3ccccc32)-c2ccccc2C1(C)C. The highest BCUT2D eigenvalue weighted by Crippen LogP contribution is 2.49. The summed E-state index contributed by atoms with van der Waals surface area (Å²) in [5.74, 6) is 1.28. The summed E-state index contributed by atoms with van der Waals surface area (Å²) in [5, 5.41) is 0. The third-order valence-corrected chi connectivity index (χ3v) is 7.17. The summed E-state index contributed by atoms with van der Waals surface area (Å²) in [7, 11) is 0. The molecule has 0 bridgehead atoms. The molecule has 0 saturated carbocycles. The van der Waals surface area contributed by atoms with Crippen LogP contribution in [0.15, 0.2) is 78.9 Å². The lowest BCUT2D eigenvalue weighted by atomic mass is 9.64. The second kappa shape index (κ2) is 5.81. The fraction of sp³-hybridized carbons (Fsp3) is 0.269. The van der Waals surface area contributed by atoms with Crippen molar-refractivity contribution in [3.8, 4) is 17.1 Å². The Balaban J connectivity index is 2.04. The van der Waals surface area contributed by atoms with Gasteiger partial charge in [-0.15, -0.1) is 0 Å². The van der Waals surface area contributed by atoms with E-state index in [4.69, 9.17) is 0 Å². The van der Waals surface area contributed by atoms with Crippen LogP contribution in [0, 0.1) is 0 Å². The minimum Gasteiger partial charge on any atom is -0.216 e. The van der Waals surface area contributed by atoms with Crippen molar-refractivity contribution in [2.45, 2.75) is 45.1 Å². The number of rotatable bonds is 2. The molecule has 0 N–H and O–H groups in total. The van der Waals surface area contributed by atoms with Gasteiger partial charge in [-0.05, 0) is 49.2 Å². The molecular formula is C26H27N2+. The summed E-state index contributed by atoms with van der Waals surface area (Å²) in [6.45, 7) is 9.55. The first-order valence-electron chi connectivity index (χ1n) is 10.2. The minimum absolute atomic E-state index is 0.0155. The van der Waals surface area contributed by atoms with Crippen LogP contribution in [0.5, 0.6) is 0 Å². The van der Waals surface area contributed by atoms with Gasteiger partial charge in [-0.1, -0.05) is 69.3 Å². The third-order valence-electron chi connectivity index (χ3n) is 7.17. The second-order valence-corrected chi connectivity index (χ2v) is 8.62. The number of hydrogen-bond donors (Lipinski definition) is 0. The standard InChI is InChI=1S/C26H27N2/c1-5-26(4)25(2,3)21-16-10-9-15-20(21)24-27(19-13-7-6-8-14-19)22-17-11-12-18-23(22)28(24)26/h6-18H,5H2,1-4H3/q+1. The first-order chi connectivity index (χ1) is 13.5. The van der Waals surface area contributed by atoms with Crippen molar-refractivity contribution >= 4 is 11.0 Å². The largest absolute Gasteiger partial charge is 0.295 e. The third kappa shape index (κ3) is 2.01. The van der Waals surface area contributed by atoms with E-state index in [9.17, 15) is 0 Å². The molecule has 2 nitrogen and oxygen atoms in total. The van der Waals surface area contributed by atoms with Crippen LogP contribution < -0.4 is 4.57 Å². The molecule has 1 unspecified atom stereocenters. The molecule has 4 aromatic rings. The molecule has 140 valence electrons. The van der Waals surface area contributed by atoms with Crippen molar-refractivity contribution < 1.29 is 4.57 Å². The molecule has 0 spiro atoms. The van der Waals surface area contributed by atoms with E-state index in [1.165, 1.54) is 33.7 Å². The van der Waals surface area contributed by atoms with Gasteiger partial charge in [-0.25, -0.2) is 4.57 Å². The van der Waals surface area contributed by atoms with Crippen LogP contribution in [0.4, 0.5) is 0 Å². The van der Waals surface area contributed by atoms with Gasteiger partial charge in [0.05, 0.1) is 5.56 Å². The highest BCUT2D eigenvalue weighted by atomic mass is 15.2. The van der Waals surface area contributed by atoms with Crippen LogP contribution in [-0.2, 0) is 11.0 Å². The molecule has 5 rings (SSSR count). The van der Waals surface area contributed by atoms with E-state index in [1.807, 2.05) is 0 Å². The number of para-hydroxylation sites is 3. The van der Waals surface area contributed by atoms with Gasteiger partial charge in [0.2, 0.25) is 0 Å². The lowest BCUT2D eigenvalue weighted by molar-refractivity contribution is -0.742. The zero-order chi connectivity index (χ0) is 19.5. The van der Waals surface area contributed by atoms with Crippen molar-refractivity contribution in [1.29, 1.82) is 0 Å². The molecule has 1 atom stereocenters. The lowest BCUT2D eigenvalue weighted by Crippen LogP contribution is -2.66. The van der Waals surface area contributed by atoms with Crippen LogP contribution in [0.2, 0.25) is 0 Å². The zero-order valence-electron chi connectivity index (χ0n) is 17.1. The number of fused-ring (bicyclic) bond motifs is 5. The molecule has 0 radical (unpaired) electrons. The fourth-order valence-electron chi connectivity index (χ4n) is 5.14. The summed E-state index contributed by atoms with van der Waals surface area (Å²) < 4.78 is 5.05. The van der Waals surface area contributed by atoms with Crippen molar-refractivity contribution in [2.24, 2.45) is 0 Å². The Bertz CT molecular complexity index is 1180. The molecule has 0 aliphatic carbocycles. The number of benzene rings is 3. The molecule has 1 aromatic heterocycles. The molecule has 1 aliphatic rings. The maximum absolute atomic E-state index is 2.61. The Hall–Kier alpha value is -2.87. The topological polar surface area (TPSA) is 8.81 Å². The Labute approximate surface area is 167 Å². The van der Waals surface area contributed by atoms with Crippen molar-refractivity contribution in [3.05, 3.63) is 84.4 Å². The minimum atomic E-state index is -0.0314. The Morgan fingerprint density at radius 2 is 1.43 bits per heavy atom. The fourth-order valence-corrected chi connectivity index (χ4v) is 5.14. The molecule has 0 saturated heterocycles. The summed E-state index contributed by atoms with van der Waals surface area (Å²) in [5.41, 5.74) is 6.51. The van der Waals surface area contributed by atoms with Gasteiger partial charge in [-0.3, -0.25) is 0 Å². The van der Waals surface area contributed by atoms with Gasteiger partial charge < -0.3 is 0 Å². The predicted molar refractivity (Wildman–Crippen MR) is 116 cm³/mol. The molecule has 28 heavy (non-hydrogen) atoms. The lowest BCUT2D eigenvalue weighted by Gasteiger charge is -2.46. The highest BCUT2D eigenvalue weighted by Gasteiger charge is 2.54. The highest BCUT2D eigenvalue weighted by molar-refractivity contribution is 5.81. The molecule has 2 heteroatoms. The van der Waals surface area contributed by atoms with Gasteiger partial charge in [0.15, 0.2) is 11.0 Å². The van der Waals surface area contributed by atoms with E-state index >= 15 is 0 Å². The molecular weight excluding hydrogens is 340 g/mol. The zero-order valence-corrected chi connectivity index (χ0v) is 17.1. The first-order valence-corrected chi connectivity index (χ1v) is 10.2. The summed E-state index contributed by atoms with van der Waals surface area (Å²) in [6.07, 6.45) is 1.06. The van der Waals surface area contributed by atoms with E-state index in [2.05, 4.69) is 116 Å². The van der Waals surface area contributed by atoms with Crippen LogP contribution in [0.25, 0.3) is 28.1 Å². The predicted octanol–water partition coefficient (Wildman–Crippen LogP) is 6.00. The van der Waals surface area contributed by atoms with E-state index in [1.54, 1.807) is 0 Å². The Morgan fingerprint density at radius 3 is 2.18 bits per heavy atom. The number of aromatic nitrogens is 2. The van der Waals surface area contributed by atoms with Gasteiger partial charge >= 0.3 is 0 Å². The normalized spacial score (nSPS) is 20.0. The van der Waals surface area contributed by atoms with Crippen LogP contribution >= 0.6 is 0 Å². The number of hydrogen-bond acceptors (Lipinski definition) is 0. The smallest absolute Gasteiger partial charge is 0.216 e. The van der Waals surface area contributed by atoms with Crippen molar-refractivity contribution in [3.63, 3.8) is 0 Å². The Morgan fingerprint density at radius 1 is 0.786 bits per heavy atom. The maximum atomic E-state index is 2.61. The van der Waals surface area contributed by atoms with E-state index < -0.39 is 0 Å². The van der Waals surface area contributed by atoms with Gasteiger partial charge in [0.25, 0.3) is 5.82 Å². The summed E-state index contributed by atoms with van der Waals surface area (Å²) in [4.78, 5) is 0. The number of nitrogens with zero attached hydrogens (tertiary/aromatic N) is 2. The average molecular weight is 368 g/mol. The summed E-state index contributed by atoms with van der Waals surface area (Å²) >= 11 is 0. The Kier molecular flexibility index (Phi) is 3.58. The first kappa shape index (κ1) is 17.2. The maximum Gasteiger partial charge on any atom is 0.295 e. The van der Waals surface area contributed by atoms with E-state index in [0.29, 0.717) is 0 Å². The van der Waals surface area contributed by atoms with Crippen LogP contribution in [0.3, 0.4) is 0 Å². The van der Waals surface area contributed by atoms with Crippen molar-refractivity contribution in [2.75, 3.05) is 0 Å². The molecule has 1 aliphatic heterocycles. The molecule has 0 fully saturated rings.